The summed E-state index contributed by atoms with van der Waals surface area (Å²) in [5, 5.41) is 6.85. The lowest BCUT2D eigenvalue weighted by Gasteiger charge is -2.38. The number of ether oxygens (including phenoxy) is 1. The number of allylic oxidation sites excluding steroid dienone is 5. The molecule has 3 fully saturated rings. The largest absolute Gasteiger partial charge is 0.444 e. The second-order valence-corrected chi connectivity index (χ2v) is 13.3. The van der Waals surface area contributed by atoms with Crippen molar-refractivity contribution < 1.29 is 27.6 Å². The number of nitrogens with one attached hydrogen (secondary N) is 1. The van der Waals surface area contributed by atoms with Crippen LogP contribution in [0.25, 0.3) is 0 Å². The Kier molecular flexibility index (Phi) is 10.6. The van der Waals surface area contributed by atoms with Gasteiger partial charge in [-0.15, -0.1) is 0 Å². The van der Waals surface area contributed by atoms with Crippen LogP contribution in [0.5, 0.6) is 0 Å². The van der Waals surface area contributed by atoms with E-state index in [9.17, 15) is 18.4 Å². The minimum Gasteiger partial charge on any atom is -0.444 e. The van der Waals surface area contributed by atoms with Crippen molar-refractivity contribution in [2.24, 2.45) is 5.92 Å². The van der Waals surface area contributed by atoms with Crippen LogP contribution < -0.4 is 15.1 Å². The Labute approximate surface area is 273 Å². The highest BCUT2D eigenvalue weighted by Gasteiger charge is 2.40. The van der Waals surface area contributed by atoms with E-state index in [2.05, 4.69) is 36.9 Å². The summed E-state index contributed by atoms with van der Waals surface area (Å²) in [4.78, 5) is 45.8. The van der Waals surface area contributed by atoms with Crippen molar-refractivity contribution in [2.75, 3.05) is 36.0 Å². The molecule has 2 atom stereocenters. The number of piperidine rings is 1. The number of anilines is 2. The molecule has 3 aliphatic rings. The molecule has 4 heterocycles. The highest BCUT2D eigenvalue weighted by Crippen LogP contribution is 2.34. The second kappa shape index (κ2) is 14.6. The van der Waals surface area contributed by atoms with E-state index < -0.39 is 29.4 Å². The molecule has 2 aromatic rings. The van der Waals surface area contributed by atoms with E-state index in [1.807, 2.05) is 16.7 Å². The molecule has 254 valence electrons. The number of nitrogens with zero attached hydrogens (tertiary/aromatic N) is 7. The minimum atomic E-state index is -0.709. The van der Waals surface area contributed by atoms with Crippen molar-refractivity contribution in [3.63, 3.8) is 0 Å². The number of hydrogen-bond acceptors (Lipinski definition) is 10. The lowest BCUT2D eigenvalue weighted by atomic mass is 9.99. The Morgan fingerprint density at radius 1 is 1.09 bits per heavy atom. The molecule has 14 heteroatoms. The Morgan fingerprint density at radius 2 is 1.77 bits per heavy atom. The quantitative estimate of drug-likeness (QED) is 0.318. The summed E-state index contributed by atoms with van der Waals surface area (Å²) >= 11 is 0. The van der Waals surface area contributed by atoms with Gasteiger partial charge in [0, 0.05) is 69.4 Å². The Bertz CT molecular complexity index is 1480. The number of carbonyl (C=O) groups is 2. The Balaban J connectivity index is 1.25. The molecule has 0 radical (unpaired) electrons. The second-order valence-electron chi connectivity index (χ2n) is 13.3. The monoisotopic (exact) mass is 654 g/mol. The van der Waals surface area contributed by atoms with E-state index in [0.29, 0.717) is 56.0 Å². The van der Waals surface area contributed by atoms with Gasteiger partial charge < -0.3 is 29.3 Å². The molecule has 0 aromatic carbocycles. The van der Waals surface area contributed by atoms with Gasteiger partial charge in [-0.05, 0) is 64.7 Å². The van der Waals surface area contributed by atoms with Crippen molar-refractivity contribution in [3.05, 3.63) is 60.2 Å². The number of rotatable bonds is 11. The average Bonchev–Trinajstić information content (AvgIpc) is 3.62. The van der Waals surface area contributed by atoms with Gasteiger partial charge in [0.1, 0.15) is 17.3 Å². The molecule has 0 spiro atoms. The highest BCUT2D eigenvalue weighted by molar-refractivity contribution is 5.94. The number of carbonyl (C=O) groups excluding carboxylic acids is 2. The predicted molar refractivity (Wildman–Crippen MR) is 172 cm³/mol. The van der Waals surface area contributed by atoms with Gasteiger partial charge >= 0.3 is 12.1 Å². The van der Waals surface area contributed by atoms with Gasteiger partial charge in [-0.3, -0.25) is 4.79 Å². The van der Waals surface area contributed by atoms with Gasteiger partial charge in [-0.1, -0.05) is 18.7 Å². The van der Waals surface area contributed by atoms with Crippen LogP contribution in [0.4, 0.5) is 25.5 Å². The molecule has 0 unspecified atom stereocenters. The van der Waals surface area contributed by atoms with Gasteiger partial charge in [0.2, 0.25) is 5.95 Å². The molecule has 12 nitrogen and oxygen atoms in total. The summed E-state index contributed by atoms with van der Waals surface area (Å²) in [6, 6.07) is 0.319. The summed E-state index contributed by atoms with van der Waals surface area (Å²) in [7, 11) is 0. The zero-order chi connectivity index (χ0) is 33.7. The lowest BCUT2D eigenvalue weighted by Crippen LogP contribution is -2.48. The first-order chi connectivity index (χ1) is 22.4. The summed E-state index contributed by atoms with van der Waals surface area (Å²) in [5.41, 5.74) is -0.309. The number of amides is 2. The van der Waals surface area contributed by atoms with Crippen molar-refractivity contribution in [1.82, 2.24) is 30.3 Å². The van der Waals surface area contributed by atoms with Crippen LogP contribution in [0.2, 0.25) is 0 Å². The van der Waals surface area contributed by atoms with Crippen LogP contribution in [-0.2, 0) is 11.2 Å². The van der Waals surface area contributed by atoms with Crippen molar-refractivity contribution in [1.29, 1.82) is 0 Å². The Hall–Kier alpha value is -4.36. The fourth-order valence-corrected chi connectivity index (χ4v) is 6.00. The molecule has 1 aliphatic carbocycles. The molecule has 5 rings (SSSR count). The first-order valence-electron chi connectivity index (χ1n) is 16.2. The average molecular weight is 655 g/mol. The SMILES string of the molecule is C=C/C(F)=C\C=C(\F)C[C@H]1CN(c2ncc(C(=O)N(C3CC3)C3CCN(c4nc(CC)no4)CC3)cn2)C[C@@H]1NC(=O)OC(C)(C)C. The van der Waals surface area contributed by atoms with Crippen molar-refractivity contribution in [2.45, 2.75) is 89.9 Å². The van der Waals surface area contributed by atoms with E-state index in [0.717, 1.165) is 43.9 Å². The first kappa shape index (κ1) is 34.0. The summed E-state index contributed by atoms with van der Waals surface area (Å²) in [5.74, 6) is -0.628. The molecule has 2 aliphatic heterocycles. The maximum atomic E-state index is 14.8. The summed E-state index contributed by atoms with van der Waals surface area (Å²) in [6.07, 6.45) is 9.68. The van der Waals surface area contributed by atoms with E-state index in [1.165, 1.54) is 12.4 Å². The lowest BCUT2D eigenvalue weighted by molar-refractivity contribution is 0.0496. The number of alkyl carbamates (subject to hydrolysis) is 1. The standard InChI is InChI=1S/C33H44F2N8O4/c1-6-23(34)8-9-24(35)16-21-19-42(20-27(21)38-32(45)46-33(3,4)5)30-36-17-22(18-37-30)29(44)43(25-10-11-25)26-12-14-41(15-13-26)31-39-28(7-2)40-47-31/h6,8-9,17-18,21,25-27H,1,7,10-16,19-20H2,2-5H3,(H,38,45)/b23-8+,24-9+/t21-,27-/m0/s1. The predicted octanol–water partition coefficient (Wildman–Crippen LogP) is 5.31. The topological polar surface area (TPSA) is 130 Å². The normalized spacial score (nSPS) is 21.1. The third-order valence-electron chi connectivity index (χ3n) is 8.46. The number of aryl methyl sites for hydroxylation is 1. The van der Waals surface area contributed by atoms with Crippen LogP contribution in [0.3, 0.4) is 0 Å². The van der Waals surface area contributed by atoms with Gasteiger partial charge in [0.25, 0.3) is 5.91 Å². The third kappa shape index (κ3) is 8.92. The zero-order valence-corrected chi connectivity index (χ0v) is 27.5. The third-order valence-corrected chi connectivity index (χ3v) is 8.46. The van der Waals surface area contributed by atoms with E-state index >= 15 is 0 Å². The minimum absolute atomic E-state index is 0.0457. The number of halogens is 2. The maximum absolute atomic E-state index is 14.8. The van der Waals surface area contributed by atoms with E-state index in [1.54, 1.807) is 20.8 Å². The number of aromatic nitrogens is 4. The first-order valence-corrected chi connectivity index (χ1v) is 16.2. The molecule has 1 saturated carbocycles. The highest BCUT2D eigenvalue weighted by atomic mass is 19.1. The summed E-state index contributed by atoms with van der Waals surface area (Å²) in [6.45, 7) is 12.6. The number of hydrogen-bond donors (Lipinski definition) is 1. The van der Waals surface area contributed by atoms with Gasteiger partial charge in [0.15, 0.2) is 5.82 Å². The van der Waals surface area contributed by atoms with Crippen LogP contribution in [0.15, 0.2) is 53.4 Å². The van der Waals surface area contributed by atoms with Gasteiger partial charge in [-0.2, -0.15) is 4.98 Å². The van der Waals surface area contributed by atoms with Gasteiger partial charge in [0.05, 0.1) is 11.6 Å². The van der Waals surface area contributed by atoms with Crippen LogP contribution in [0, 0.1) is 5.92 Å². The fraction of sp³-hybridized carbons (Fsp3) is 0.576. The van der Waals surface area contributed by atoms with Crippen LogP contribution in [0.1, 0.15) is 76.0 Å². The molecule has 47 heavy (non-hydrogen) atoms. The molecule has 1 N–H and O–H groups in total. The van der Waals surface area contributed by atoms with E-state index in [4.69, 9.17) is 9.26 Å². The molecule has 2 amide bonds. The molecule has 0 bridgehead atoms. The van der Waals surface area contributed by atoms with Crippen LogP contribution in [-0.4, -0.2) is 86.9 Å². The maximum Gasteiger partial charge on any atom is 0.407 e. The van der Waals surface area contributed by atoms with Crippen LogP contribution >= 0.6 is 0 Å². The van der Waals surface area contributed by atoms with Crippen molar-refractivity contribution >= 4 is 24.0 Å². The van der Waals surface area contributed by atoms with Gasteiger partial charge in [-0.25, -0.2) is 23.5 Å². The Morgan fingerprint density at radius 3 is 2.36 bits per heavy atom. The molecular formula is C33H44F2N8O4. The summed E-state index contributed by atoms with van der Waals surface area (Å²) < 4.78 is 39.1. The van der Waals surface area contributed by atoms with Crippen molar-refractivity contribution in [3.8, 4) is 0 Å². The molecule has 2 saturated heterocycles. The van der Waals surface area contributed by atoms with E-state index in [-0.39, 0.29) is 30.3 Å². The fourth-order valence-electron chi connectivity index (χ4n) is 6.00. The smallest absolute Gasteiger partial charge is 0.407 e. The molecular weight excluding hydrogens is 610 g/mol. The molecule has 2 aromatic heterocycles. The zero-order valence-electron chi connectivity index (χ0n) is 27.5.